The molecule has 0 bridgehead atoms. The minimum absolute atomic E-state index is 0.152. The summed E-state index contributed by atoms with van der Waals surface area (Å²) in [7, 11) is 0. The average Bonchev–Trinajstić information content (AvgIpc) is 2.92. The highest BCUT2D eigenvalue weighted by Crippen LogP contribution is 2.16. The van der Waals surface area contributed by atoms with E-state index in [0.717, 1.165) is 12.8 Å². The normalized spacial score (nSPS) is 19.2. The molecule has 1 atom stereocenters. The van der Waals surface area contributed by atoms with E-state index in [-0.39, 0.29) is 6.03 Å². The maximum absolute atomic E-state index is 11.9. The first-order valence-corrected chi connectivity index (χ1v) is 7.38. The van der Waals surface area contributed by atoms with Crippen molar-refractivity contribution in [3.63, 3.8) is 0 Å². The van der Waals surface area contributed by atoms with Gasteiger partial charge in [0.1, 0.15) is 0 Å². The van der Waals surface area contributed by atoms with Crippen LogP contribution in [0.5, 0.6) is 0 Å². The summed E-state index contributed by atoms with van der Waals surface area (Å²) in [5.41, 5.74) is 1.22. The van der Waals surface area contributed by atoms with E-state index in [4.69, 9.17) is 5.11 Å². The highest BCUT2D eigenvalue weighted by molar-refractivity contribution is 7.07. The highest BCUT2D eigenvalue weighted by atomic mass is 32.1. The molecule has 1 fully saturated rings. The molecular weight excluding hydrogens is 264 g/mol. The van der Waals surface area contributed by atoms with E-state index in [2.05, 4.69) is 10.7 Å². The standard InChI is InChI=1S/C13H18N2O3S/c16-12(17)11-2-1-6-15(8-11)13(18)14-5-3-10-4-7-19-9-10/h4,7,9,11H,1-3,5-6,8H2,(H,14,18)(H,16,17). The van der Waals surface area contributed by atoms with Gasteiger partial charge in [-0.05, 0) is 41.7 Å². The minimum atomic E-state index is -0.809. The molecule has 1 aromatic rings. The summed E-state index contributed by atoms with van der Waals surface area (Å²) in [4.78, 5) is 24.5. The number of carboxylic acid groups (broad SMARTS) is 1. The molecule has 0 aliphatic carbocycles. The van der Waals surface area contributed by atoms with Gasteiger partial charge in [-0.25, -0.2) is 4.79 Å². The van der Waals surface area contributed by atoms with E-state index < -0.39 is 11.9 Å². The van der Waals surface area contributed by atoms with Crippen molar-refractivity contribution in [2.75, 3.05) is 19.6 Å². The number of carbonyl (C=O) groups excluding carboxylic acids is 1. The van der Waals surface area contributed by atoms with E-state index >= 15 is 0 Å². The van der Waals surface area contributed by atoms with Crippen LogP contribution in [-0.2, 0) is 11.2 Å². The summed E-state index contributed by atoms with van der Waals surface area (Å²) in [5, 5.41) is 15.9. The lowest BCUT2D eigenvalue weighted by Gasteiger charge is -2.30. The Morgan fingerprint density at radius 3 is 3.05 bits per heavy atom. The number of carbonyl (C=O) groups is 2. The molecule has 2 rings (SSSR count). The Labute approximate surface area is 116 Å². The fourth-order valence-corrected chi connectivity index (χ4v) is 2.93. The summed E-state index contributed by atoms with van der Waals surface area (Å²) in [5.74, 6) is -1.23. The molecule has 2 N–H and O–H groups in total. The number of hydrogen-bond donors (Lipinski definition) is 2. The fraction of sp³-hybridized carbons (Fsp3) is 0.538. The Morgan fingerprint density at radius 2 is 2.37 bits per heavy atom. The molecular formula is C13H18N2O3S. The van der Waals surface area contributed by atoms with Crippen LogP contribution in [0.25, 0.3) is 0 Å². The molecule has 0 spiro atoms. The van der Waals surface area contributed by atoms with Gasteiger partial charge in [0.2, 0.25) is 0 Å². The Balaban J connectivity index is 1.74. The van der Waals surface area contributed by atoms with E-state index in [0.29, 0.717) is 26.1 Å². The summed E-state index contributed by atoms with van der Waals surface area (Å²) in [6.45, 7) is 1.55. The van der Waals surface area contributed by atoms with Gasteiger partial charge in [0.25, 0.3) is 0 Å². The van der Waals surface area contributed by atoms with Crippen molar-refractivity contribution in [3.05, 3.63) is 22.4 Å². The molecule has 0 aromatic carbocycles. The first-order valence-electron chi connectivity index (χ1n) is 6.43. The van der Waals surface area contributed by atoms with E-state index in [1.165, 1.54) is 5.56 Å². The lowest BCUT2D eigenvalue weighted by molar-refractivity contribution is -0.143. The second kappa shape index (κ2) is 6.56. The zero-order chi connectivity index (χ0) is 13.7. The number of amides is 2. The smallest absolute Gasteiger partial charge is 0.317 e. The second-order valence-corrected chi connectivity index (χ2v) is 5.52. The Hall–Kier alpha value is -1.56. The number of hydrogen-bond acceptors (Lipinski definition) is 3. The van der Waals surface area contributed by atoms with Crippen molar-refractivity contribution in [1.29, 1.82) is 0 Å². The van der Waals surface area contributed by atoms with Crippen LogP contribution in [0, 0.1) is 5.92 Å². The van der Waals surface area contributed by atoms with Crippen LogP contribution in [-0.4, -0.2) is 41.6 Å². The van der Waals surface area contributed by atoms with Crippen LogP contribution in [0.1, 0.15) is 18.4 Å². The summed E-state index contributed by atoms with van der Waals surface area (Å²) < 4.78 is 0. The monoisotopic (exact) mass is 282 g/mol. The topological polar surface area (TPSA) is 69.6 Å². The summed E-state index contributed by atoms with van der Waals surface area (Å²) >= 11 is 1.64. The van der Waals surface area contributed by atoms with Gasteiger partial charge >= 0.3 is 12.0 Å². The minimum Gasteiger partial charge on any atom is -0.481 e. The lowest BCUT2D eigenvalue weighted by atomic mass is 9.99. The van der Waals surface area contributed by atoms with E-state index in [1.54, 1.807) is 16.2 Å². The van der Waals surface area contributed by atoms with Crippen LogP contribution < -0.4 is 5.32 Å². The number of carboxylic acids is 1. The molecule has 0 saturated carbocycles. The van der Waals surface area contributed by atoms with Crippen molar-refractivity contribution in [2.45, 2.75) is 19.3 Å². The van der Waals surface area contributed by atoms with Gasteiger partial charge < -0.3 is 15.3 Å². The van der Waals surface area contributed by atoms with Gasteiger partial charge in [-0.2, -0.15) is 11.3 Å². The molecule has 1 aromatic heterocycles. The summed E-state index contributed by atoms with van der Waals surface area (Å²) in [6.07, 6.45) is 2.23. The van der Waals surface area contributed by atoms with Crippen molar-refractivity contribution < 1.29 is 14.7 Å². The van der Waals surface area contributed by atoms with Gasteiger partial charge in [-0.3, -0.25) is 4.79 Å². The predicted molar refractivity (Wildman–Crippen MR) is 73.4 cm³/mol. The summed E-state index contributed by atoms with van der Waals surface area (Å²) in [6, 6.07) is 1.89. The maximum atomic E-state index is 11.9. The molecule has 1 unspecified atom stereocenters. The molecule has 1 aliphatic heterocycles. The van der Waals surface area contributed by atoms with Gasteiger partial charge in [0.05, 0.1) is 5.92 Å². The predicted octanol–water partition coefficient (Wildman–Crippen LogP) is 1.80. The van der Waals surface area contributed by atoms with Crippen molar-refractivity contribution in [3.8, 4) is 0 Å². The zero-order valence-electron chi connectivity index (χ0n) is 10.7. The van der Waals surface area contributed by atoms with Crippen LogP contribution in [0.15, 0.2) is 16.8 Å². The van der Waals surface area contributed by atoms with Crippen LogP contribution in [0.4, 0.5) is 4.79 Å². The largest absolute Gasteiger partial charge is 0.481 e. The third kappa shape index (κ3) is 3.96. The van der Waals surface area contributed by atoms with Crippen LogP contribution >= 0.6 is 11.3 Å². The van der Waals surface area contributed by atoms with E-state index in [1.807, 2.05) is 11.4 Å². The highest BCUT2D eigenvalue weighted by Gasteiger charge is 2.27. The Kier molecular flexibility index (Phi) is 4.79. The average molecular weight is 282 g/mol. The SMILES string of the molecule is O=C(O)C1CCCN(C(=O)NCCc2ccsc2)C1. The van der Waals surface area contributed by atoms with Crippen LogP contribution in [0.2, 0.25) is 0 Å². The molecule has 2 heterocycles. The lowest BCUT2D eigenvalue weighted by Crippen LogP contribution is -2.47. The number of likely N-dealkylation sites (tertiary alicyclic amines) is 1. The fourth-order valence-electron chi connectivity index (χ4n) is 2.22. The van der Waals surface area contributed by atoms with Gasteiger partial charge in [0.15, 0.2) is 0 Å². The quantitative estimate of drug-likeness (QED) is 0.884. The molecule has 1 saturated heterocycles. The zero-order valence-corrected chi connectivity index (χ0v) is 11.5. The molecule has 0 radical (unpaired) electrons. The van der Waals surface area contributed by atoms with Gasteiger partial charge in [-0.1, -0.05) is 0 Å². The number of nitrogens with one attached hydrogen (secondary N) is 1. The maximum Gasteiger partial charge on any atom is 0.317 e. The molecule has 19 heavy (non-hydrogen) atoms. The Bertz CT molecular complexity index is 433. The van der Waals surface area contributed by atoms with Gasteiger partial charge in [-0.15, -0.1) is 0 Å². The number of rotatable bonds is 4. The molecule has 104 valence electrons. The number of piperidine rings is 1. The molecule has 6 heteroatoms. The first kappa shape index (κ1) is 13.9. The number of aliphatic carboxylic acids is 1. The molecule has 5 nitrogen and oxygen atoms in total. The third-order valence-corrected chi connectivity index (χ3v) is 4.06. The van der Waals surface area contributed by atoms with Crippen molar-refractivity contribution >= 4 is 23.3 Å². The third-order valence-electron chi connectivity index (χ3n) is 3.33. The van der Waals surface area contributed by atoms with Crippen molar-refractivity contribution in [2.24, 2.45) is 5.92 Å². The second-order valence-electron chi connectivity index (χ2n) is 4.74. The van der Waals surface area contributed by atoms with Crippen molar-refractivity contribution in [1.82, 2.24) is 10.2 Å². The first-order chi connectivity index (χ1) is 9.16. The molecule has 1 aliphatic rings. The van der Waals surface area contributed by atoms with Gasteiger partial charge in [0, 0.05) is 19.6 Å². The Morgan fingerprint density at radius 1 is 1.53 bits per heavy atom. The molecule has 2 amide bonds. The van der Waals surface area contributed by atoms with Crippen LogP contribution in [0.3, 0.4) is 0 Å². The number of nitrogens with zero attached hydrogens (tertiary/aromatic N) is 1. The number of thiophene rings is 1. The number of urea groups is 1. The van der Waals surface area contributed by atoms with E-state index in [9.17, 15) is 9.59 Å².